The first-order valence-electron chi connectivity index (χ1n) is 3.79. The van der Waals surface area contributed by atoms with E-state index in [2.05, 4.69) is 9.97 Å². The standard InChI is InChI=1S/C8H6N2O2S2/c1-4-5(8(11)12)10-7(14-4)6-9-2-3-13-6/h2-3H,1H3,(H,11,12). The number of carbonyl (C=O) groups is 1. The molecule has 0 saturated heterocycles. The van der Waals surface area contributed by atoms with Crippen LogP contribution in [0.2, 0.25) is 0 Å². The molecule has 0 bridgehead atoms. The lowest BCUT2D eigenvalue weighted by atomic mass is 10.4. The third kappa shape index (κ3) is 1.53. The Morgan fingerprint density at radius 2 is 2.29 bits per heavy atom. The van der Waals surface area contributed by atoms with E-state index in [1.807, 2.05) is 5.38 Å². The number of nitrogens with zero attached hydrogens (tertiary/aromatic N) is 2. The molecule has 6 heteroatoms. The molecule has 0 aliphatic rings. The smallest absolute Gasteiger partial charge is 0.355 e. The molecule has 2 heterocycles. The van der Waals surface area contributed by atoms with Crippen LogP contribution in [-0.2, 0) is 0 Å². The Kier molecular flexibility index (Phi) is 2.30. The van der Waals surface area contributed by atoms with Gasteiger partial charge in [0.05, 0.1) is 0 Å². The fourth-order valence-corrected chi connectivity index (χ4v) is 2.60. The highest BCUT2D eigenvalue weighted by atomic mass is 32.1. The van der Waals surface area contributed by atoms with Crippen molar-refractivity contribution in [3.8, 4) is 10.0 Å². The van der Waals surface area contributed by atoms with E-state index < -0.39 is 5.97 Å². The highest BCUT2D eigenvalue weighted by Gasteiger charge is 2.15. The Balaban J connectivity index is 2.48. The highest BCUT2D eigenvalue weighted by molar-refractivity contribution is 7.20. The largest absolute Gasteiger partial charge is 0.476 e. The summed E-state index contributed by atoms with van der Waals surface area (Å²) in [7, 11) is 0. The van der Waals surface area contributed by atoms with Gasteiger partial charge in [0.25, 0.3) is 0 Å². The quantitative estimate of drug-likeness (QED) is 0.853. The molecule has 0 aliphatic heterocycles. The minimum Gasteiger partial charge on any atom is -0.476 e. The van der Waals surface area contributed by atoms with Crippen molar-refractivity contribution >= 4 is 28.6 Å². The molecule has 0 saturated carbocycles. The van der Waals surface area contributed by atoms with Crippen molar-refractivity contribution in [2.24, 2.45) is 0 Å². The van der Waals surface area contributed by atoms with Crippen LogP contribution in [-0.4, -0.2) is 21.0 Å². The van der Waals surface area contributed by atoms with Gasteiger partial charge in [0.15, 0.2) is 15.7 Å². The second-order valence-electron chi connectivity index (χ2n) is 2.57. The Hall–Kier alpha value is -1.27. The summed E-state index contributed by atoms with van der Waals surface area (Å²) in [5, 5.41) is 12.1. The number of thiazole rings is 2. The number of aryl methyl sites for hydroxylation is 1. The fourth-order valence-electron chi connectivity index (χ4n) is 1.02. The van der Waals surface area contributed by atoms with Crippen LogP contribution in [0.25, 0.3) is 10.0 Å². The summed E-state index contributed by atoms with van der Waals surface area (Å²) < 4.78 is 0. The first-order valence-corrected chi connectivity index (χ1v) is 5.48. The van der Waals surface area contributed by atoms with Crippen molar-refractivity contribution in [2.45, 2.75) is 6.92 Å². The molecule has 4 nitrogen and oxygen atoms in total. The van der Waals surface area contributed by atoms with Gasteiger partial charge in [0.2, 0.25) is 0 Å². The van der Waals surface area contributed by atoms with Crippen LogP contribution in [0.5, 0.6) is 0 Å². The van der Waals surface area contributed by atoms with Crippen molar-refractivity contribution in [2.75, 3.05) is 0 Å². The summed E-state index contributed by atoms with van der Waals surface area (Å²) in [6.45, 7) is 1.75. The van der Waals surface area contributed by atoms with Gasteiger partial charge in [-0.25, -0.2) is 14.8 Å². The van der Waals surface area contributed by atoms with Crippen LogP contribution >= 0.6 is 22.7 Å². The zero-order valence-corrected chi connectivity index (χ0v) is 8.85. The average Bonchev–Trinajstić information content (AvgIpc) is 2.70. The SMILES string of the molecule is Cc1sc(-c2nccs2)nc1C(=O)O. The lowest BCUT2D eigenvalue weighted by Gasteiger charge is -1.85. The molecule has 0 aliphatic carbocycles. The second-order valence-corrected chi connectivity index (χ2v) is 4.66. The number of carboxylic acid groups (broad SMARTS) is 1. The number of rotatable bonds is 2. The predicted molar refractivity (Wildman–Crippen MR) is 54.9 cm³/mol. The van der Waals surface area contributed by atoms with Crippen LogP contribution in [0.3, 0.4) is 0 Å². The Labute approximate surface area is 87.9 Å². The highest BCUT2D eigenvalue weighted by Crippen LogP contribution is 2.28. The maximum Gasteiger partial charge on any atom is 0.355 e. The van der Waals surface area contributed by atoms with Gasteiger partial charge in [-0.2, -0.15) is 0 Å². The third-order valence-corrected chi connectivity index (χ3v) is 3.50. The van der Waals surface area contributed by atoms with Crippen LogP contribution in [0.4, 0.5) is 0 Å². The average molecular weight is 226 g/mol. The van der Waals surface area contributed by atoms with Crippen LogP contribution in [0, 0.1) is 6.92 Å². The normalized spacial score (nSPS) is 10.4. The summed E-state index contributed by atoms with van der Waals surface area (Å²) >= 11 is 2.81. The fraction of sp³-hybridized carbons (Fsp3) is 0.125. The molecule has 2 aromatic heterocycles. The van der Waals surface area contributed by atoms with Crippen molar-refractivity contribution in [1.29, 1.82) is 0 Å². The maximum absolute atomic E-state index is 10.7. The summed E-state index contributed by atoms with van der Waals surface area (Å²) in [6, 6.07) is 0. The summed E-state index contributed by atoms with van der Waals surface area (Å²) in [5.41, 5.74) is 0.125. The molecular formula is C8H6N2O2S2. The Bertz CT molecular complexity index is 462. The lowest BCUT2D eigenvalue weighted by Crippen LogP contribution is -1.98. The van der Waals surface area contributed by atoms with Crippen molar-refractivity contribution in [1.82, 2.24) is 9.97 Å². The second kappa shape index (κ2) is 3.47. The van der Waals surface area contributed by atoms with Gasteiger partial charge in [0.1, 0.15) is 0 Å². The van der Waals surface area contributed by atoms with Gasteiger partial charge in [0, 0.05) is 16.5 Å². The molecular weight excluding hydrogens is 220 g/mol. The van der Waals surface area contributed by atoms with E-state index in [4.69, 9.17) is 5.11 Å². The number of aromatic carboxylic acids is 1. The van der Waals surface area contributed by atoms with Crippen LogP contribution in [0.15, 0.2) is 11.6 Å². The molecule has 14 heavy (non-hydrogen) atoms. The van der Waals surface area contributed by atoms with Crippen LogP contribution < -0.4 is 0 Å². The van der Waals surface area contributed by atoms with E-state index in [1.165, 1.54) is 22.7 Å². The minimum absolute atomic E-state index is 0.125. The van der Waals surface area contributed by atoms with Gasteiger partial charge < -0.3 is 5.11 Å². The summed E-state index contributed by atoms with van der Waals surface area (Å²) in [4.78, 5) is 19.5. The zero-order valence-electron chi connectivity index (χ0n) is 7.22. The van der Waals surface area contributed by atoms with Crippen molar-refractivity contribution in [3.63, 3.8) is 0 Å². The summed E-state index contributed by atoms with van der Waals surface area (Å²) in [5.74, 6) is -0.985. The zero-order chi connectivity index (χ0) is 10.1. The third-order valence-electron chi connectivity index (χ3n) is 1.61. The van der Waals surface area contributed by atoms with E-state index in [0.717, 1.165) is 5.01 Å². The topological polar surface area (TPSA) is 63.1 Å². The first kappa shape index (κ1) is 9.29. The molecule has 1 N–H and O–H groups in total. The molecule has 0 atom stereocenters. The molecule has 0 fully saturated rings. The van der Waals surface area contributed by atoms with E-state index in [9.17, 15) is 4.79 Å². The Morgan fingerprint density at radius 1 is 1.50 bits per heavy atom. The molecule has 0 radical (unpaired) electrons. The van der Waals surface area contributed by atoms with E-state index in [1.54, 1.807) is 13.1 Å². The molecule has 72 valence electrons. The molecule has 2 rings (SSSR count). The lowest BCUT2D eigenvalue weighted by molar-refractivity contribution is 0.0690. The maximum atomic E-state index is 10.7. The summed E-state index contributed by atoms with van der Waals surface area (Å²) in [6.07, 6.45) is 1.68. The molecule has 0 aromatic carbocycles. The van der Waals surface area contributed by atoms with Gasteiger partial charge >= 0.3 is 5.97 Å². The van der Waals surface area contributed by atoms with E-state index in [-0.39, 0.29) is 5.69 Å². The molecule has 0 amide bonds. The van der Waals surface area contributed by atoms with Gasteiger partial charge in [-0.05, 0) is 6.92 Å². The number of carboxylic acids is 1. The number of hydrogen-bond donors (Lipinski definition) is 1. The predicted octanol–water partition coefficient (Wildman–Crippen LogP) is 2.27. The Morgan fingerprint density at radius 3 is 2.79 bits per heavy atom. The number of aromatic nitrogens is 2. The number of hydrogen-bond acceptors (Lipinski definition) is 5. The van der Waals surface area contributed by atoms with Gasteiger partial charge in [-0.1, -0.05) is 0 Å². The monoisotopic (exact) mass is 226 g/mol. The first-order chi connectivity index (χ1) is 6.68. The van der Waals surface area contributed by atoms with Crippen molar-refractivity contribution < 1.29 is 9.90 Å². The molecule has 2 aromatic rings. The van der Waals surface area contributed by atoms with Crippen molar-refractivity contribution in [3.05, 3.63) is 22.1 Å². The molecule has 0 unspecified atom stereocenters. The minimum atomic E-state index is -0.985. The van der Waals surface area contributed by atoms with Crippen LogP contribution in [0.1, 0.15) is 15.4 Å². The molecule has 0 spiro atoms. The van der Waals surface area contributed by atoms with Gasteiger partial charge in [-0.3, -0.25) is 0 Å². The van der Waals surface area contributed by atoms with Gasteiger partial charge in [-0.15, -0.1) is 22.7 Å². The van der Waals surface area contributed by atoms with E-state index >= 15 is 0 Å². The van der Waals surface area contributed by atoms with E-state index in [0.29, 0.717) is 9.88 Å².